The van der Waals surface area contributed by atoms with Crippen LogP contribution in [0.5, 0.6) is 0 Å². The van der Waals surface area contributed by atoms with Crippen LogP contribution >= 0.6 is 0 Å². The van der Waals surface area contributed by atoms with Crippen LogP contribution in [-0.2, 0) is 22.5 Å². The summed E-state index contributed by atoms with van der Waals surface area (Å²) < 4.78 is 7.92. The van der Waals surface area contributed by atoms with Crippen molar-refractivity contribution in [2.75, 3.05) is 6.61 Å². The summed E-state index contributed by atoms with van der Waals surface area (Å²) in [4.78, 5) is 16.8. The van der Waals surface area contributed by atoms with E-state index < -0.39 is 0 Å². The van der Waals surface area contributed by atoms with E-state index in [4.69, 9.17) is 4.74 Å². The van der Waals surface area contributed by atoms with Gasteiger partial charge in [-0.25, -0.2) is 4.98 Å². The van der Waals surface area contributed by atoms with Gasteiger partial charge in [0.05, 0.1) is 6.10 Å². The van der Waals surface area contributed by atoms with E-state index in [1.54, 1.807) is 6.20 Å². The van der Waals surface area contributed by atoms with E-state index in [0.717, 1.165) is 31.2 Å². The number of rotatable bonds is 5. The number of ether oxygens (including phenoxy) is 1. The van der Waals surface area contributed by atoms with Gasteiger partial charge < -0.3 is 14.6 Å². The van der Waals surface area contributed by atoms with Crippen LogP contribution in [0.25, 0.3) is 0 Å². The Morgan fingerprint density at radius 1 is 1.39 bits per heavy atom. The van der Waals surface area contributed by atoms with Gasteiger partial charge in [-0.2, -0.15) is 0 Å². The maximum Gasteiger partial charge on any atom is 0.240 e. The normalized spacial score (nSPS) is 33.4. The summed E-state index contributed by atoms with van der Waals surface area (Å²) in [6.07, 6.45) is 11.3. The van der Waals surface area contributed by atoms with Gasteiger partial charge in [-0.15, -0.1) is 0 Å². The molecule has 4 rings (SSSR count). The highest BCUT2D eigenvalue weighted by Crippen LogP contribution is 2.51. The molecular weight excluding hydrogens is 290 g/mol. The Bertz CT molecular complexity index is 560. The standard InChI is InChI=1S/C18H27N3O2/c1-2-14-19-8-9-21(14)11-15(22)20-17-13-7-10-23-18(13)16(17)12-5-3-4-6-12/h8-9,12-13,16-18H,2-7,10-11H2,1H3,(H,20,22)/t13-,16+,17+,18-/m0/s1. The van der Waals surface area contributed by atoms with Crippen LogP contribution in [0.2, 0.25) is 0 Å². The van der Waals surface area contributed by atoms with Crippen molar-refractivity contribution in [1.29, 1.82) is 0 Å². The van der Waals surface area contributed by atoms with Gasteiger partial charge in [-0.05, 0) is 12.3 Å². The Kier molecular flexibility index (Phi) is 4.14. The lowest BCUT2D eigenvalue weighted by molar-refractivity contribution is -0.130. The quantitative estimate of drug-likeness (QED) is 0.905. The highest BCUT2D eigenvalue weighted by molar-refractivity contribution is 5.76. The van der Waals surface area contributed by atoms with Crippen molar-refractivity contribution in [3.63, 3.8) is 0 Å². The molecule has 1 aromatic heterocycles. The number of amides is 1. The van der Waals surface area contributed by atoms with Crippen LogP contribution in [0.1, 0.15) is 44.9 Å². The van der Waals surface area contributed by atoms with Crippen LogP contribution < -0.4 is 5.32 Å². The first kappa shape index (κ1) is 15.2. The fourth-order valence-electron chi connectivity index (χ4n) is 5.04. The monoisotopic (exact) mass is 317 g/mol. The van der Waals surface area contributed by atoms with E-state index >= 15 is 0 Å². The Hall–Kier alpha value is -1.36. The summed E-state index contributed by atoms with van der Waals surface area (Å²) in [6.45, 7) is 3.32. The van der Waals surface area contributed by atoms with Crippen molar-refractivity contribution in [2.24, 2.45) is 17.8 Å². The lowest BCUT2D eigenvalue weighted by atomic mass is 9.61. The zero-order chi connectivity index (χ0) is 15.8. The number of imidazole rings is 1. The largest absolute Gasteiger partial charge is 0.377 e. The van der Waals surface area contributed by atoms with Crippen molar-refractivity contribution in [3.05, 3.63) is 18.2 Å². The molecule has 23 heavy (non-hydrogen) atoms. The van der Waals surface area contributed by atoms with Gasteiger partial charge in [0, 0.05) is 43.3 Å². The van der Waals surface area contributed by atoms with Gasteiger partial charge >= 0.3 is 0 Å². The second-order valence-corrected chi connectivity index (χ2v) is 7.33. The summed E-state index contributed by atoms with van der Waals surface area (Å²) in [5.74, 6) is 2.93. The van der Waals surface area contributed by atoms with Crippen molar-refractivity contribution >= 4 is 5.91 Å². The van der Waals surface area contributed by atoms with Crippen molar-refractivity contribution in [2.45, 2.75) is 64.1 Å². The Labute approximate surface area is 137 Å². The topological polar surface area (TPSA) is 56.2 Å². The molecule has 0 radical (unpaired) electrons. The molecule has 0 aromatic carbocycles. The van der Waals surface area contributed by atoms with E-state index in [1.807, 2.05) is 10.8 Å². The number of carbonyl (C=O) groups is 1. The van der Waals surface area contributed by atoms with Gasteiger partial charge in [0.25, 0.3) is 0 Å². The van der Waals surface area contributed by atoms with Gasteiger partial charge in [0.15, 0.2) is 0 Å². The minimum atomic E-state index is 0.121. The highest BCUT2D eigenvalue weighted by atomic mass is 16.5. The smallest absolute Gasteiger partial charge is 0.240 e. The van der Waals surface area contributed by atoms with Crippen LogP contribution in [0.15, 0.2) is 12.4 Å². The van der Waals surface area contributed by atoms with E-state index in [0.29, 0.717) is 30.5 Å². The summed E-state index contributed by atoms with van der Waals surface area (Å²) in [6, 6.07) is 0.326. The average Bonchev–Trinajstić information content (AvgIpc) is 3.26. The minimum Gasteiger partial charge on any atom is -0.377 e. The molecule has 0 spiro atoms. The molecule has 1 saturated heterocycles. The molecule has 1 N–H and O–H groups in total. The van der Waals surface area contributed by atoms with Crippen LogP contribution in [0.4, 0.5) is 0 Å². The number of aryl methyl sites for hydroxylation is 1. The third kappa shape index (κ3) is 2.69. The first-order chi connectivity index (χ1) is 11.3. The maximum atomic E-state index is 12.5. The molecule has 5 heteroatoms. The molecule has 2 saturated carbocycles. The number of carbonyl (C=O) groups excluding carboxylic acids is 1. The molecular formula is C18H27N3O2. The molecule has 3 aliphatic rings. The van der Waals surface area contributed by atoms with Crippen LogP contribution in [-0.4, -0.2) is 34.2 Å². The highest BCUT2D eigenvalue weighted by Gasteiger charge is 2.56. The summed E-state index contributed by atoms with van der Waals surface area (Å²) in [7, 11) is 0. The lowest BCUT2D eigenvalue weighted by Crippen LogP contribution is -2.63. The van der Waals surface area contributed by atoms with E-state index in [1.165, 1.54) is 25.7 Å². The maximum absolute atomic E-state index is 12.5. The van der Waals surface area contributed by atoms with E-state index in [9.17, 15) is 4.79 Å². The van der Waals surface area contributed by atoms with Crippen molar-refractivity contribution in [1.82, 2.24) is 14.9 Å². The number of nitrogens with one attached hydrogen (secondary N) is 1. The number of hydrogen-bond acceptors (Lipinski definition) is 3. The first-order valence-corrected chi connectivity index (χ1v) is 9.19. The average molecular weight is 317 g/mol. The predicted octanol–water partition coefficient (Wildman–Crippen LogP) is 2.16. The molecule has 2 heterocycles. The fourth-order valence-corrected chi connectivity index (χ4v) is 5.04. The second kappa shape index (κ2) is 6.27. The minimum absolute atomic E-state index is 0.121. The molecule has 0 bridgehead atoms. The Morgan fingerprint density at radius 2 is 2.22 bits per heavy atom. The van der Waals surface area contributed by atoms with Crippen molar-refractivity contribution < 1.29 is 9.53 Å². The number of aromatic nitrogens is 2. The van der Waals surface area contributed by atoms with Gasteiger partial charge in [0.2, 0.25) is 5.91 Å². The number of hydrogen-bond donors (Lipinski definition) is 1. The fraction of sp³-hybridized carbons (Fsp3) is 0.778. The predicted molar refractivity (Wildman–Crippen MR) is 86.8 cm³/mol. The van der Waals surface area contributed by atoms with E-state index in [-0.39, 0.29) is 5.91 Å². The number of nitrogens with zero attached hydrogens (tertiary/aromatic N) is 2. The molecule has 1 aliphatic heterocycles. The molecule has 5 nitrogen and oxygen atoms in total. The third-order valence-corrected chi connectivity index (χ3v) is 6.14. The molecule has 3 fully saturated rings. The molecule has 4 atom stereocenters. The van der Waals surface area contributed by atoms with Crippen LogP contribution in [0, 0.1) is 17.8 Å². The van der Waals surface area contributed by atoms with Crippen LogP contribution in [0.3, 0.4) is 0 Å². The third-order valence-electron chi connectivity index (χ3n) is 6.14. The molecule has 0 unspecified atom stereocenters. The molecule has 1 amide bonds. The molecule has 126 valence electrons. The summed E-state index contributed by atoms with van der Waals surface area (Å²) >= 11 is 0. The zero-order valence-corrected chi connectivity index (χ0v) is 13.9. The summed E-state index contributed by atoms with van der Waals surface area (Å²) in [5, 5.41) is 3.34. The number of fused-ring (bicyclic) bond motifs is 1. The van der Waals surface area contributed by atoms with Gasteiger partial charge in [0.1, 0.15) is 12.4 Å². The first-order valence-electron chi connectivity index (χ1n) is 9.19. The SMILES string of the molecule is CCc1nccn1CC(=O)N[C@@H]1[C@@H]2CCO[C@@H]2[C@@H]1C1CCCC1. The van der Waals surface area contributed by atoms with Crippen molar-refractivity contribution in [3.8, 4) is 0 Å². The summed E-state index contributed by atoms with van der Waals surface area (Å²) in [5.41, 5.74) is 0. The Balaban J connectivity index is 1.41. The second-order valence-electron chi connectivity index (χ2n) is 7.33. The van der Waals surface area contributed by atoms with Gasteiger partial charge in [-0.3, -0.25) is 4.79 Å². The Morgan fingerprint density at radius 3 is 3.00 bits per heavy atom. The zero-order valence-electron chi connectivity index (χ0n) is 13.9. The van der Waals surface area contributed by atoms with E-state index in [2.05, 4.69) is 17.2 Å². The van der Waals surface area contributed by atoms with Gasteiger partial charge in [-0.1, -0.05) is 32.6 Å². The molecule has 2 aliphatic carbocycles. The lowest BCUT2D eigenvalue weighted by Gasteiger charge is -2.50. The molecule has 1 aromatic rings.